The van der Waals surface area contributed by atoms with E-state index in [0.717, 1.165) is 17.9 Å². The summed E-state index contributed by atoms with van der Waals surface area (Å²) in [7, 11) is 0. The molecule has 0 aliphatic heterocycles. The summed E-state index contributed by atoms with van der Waals surface area (Å²) in [6.45, 7) is 0.836. The van der Waals surface area contributed by atoms with E-state index < -0.39 is 0 Å². The fourth-order valence-electron chi connectivity index (χ4n) is 2.49. The van der Waals surface area contributed by atoms with Crippen molar-refractivity contribution in [2.45, 2.75) is 38.3 Å². The topological polar surface area (TPSA) is 29.3 Å². The molecule has 1 fully saturated rings. The van der Waals surface area contributed by atoms with Crippen LogP contribution in [0.3, 0.4) is 0 Å². The maximum atomic E-state index is 6.09. The summed E-state index contributed by atoms with van der Waals surface area (Å²) in [5.74, 6) is 0. The molecule has 2 heterocycles. The van der Waals surface area contributed by atoms with E-state index in [-0.39, 0.29) is 0 Å². The summed E-state index contributed by atoms with van der Waals surface area (Å²) in [6.07, 6.45) is 9.34. The van der Waals surface area contributed by atoms with Gasteiger partial charge in [-0.05, 0) is 25.0 Å². The number of imidazole rings is 1. The predicted molar refractivity (Wildman–Crippen MR) is 69.3 cm³/mol. The van der Waals surface area contributed by atoms with E-state index in [9.17, 15) is 0 Å². The van der Waals surface area contributed by atoms with Crippen molar-refractivity contribution in [3.05, 3.63) is 35.2 Å². The highest BCUT2D eigenvalue weighted by atomic mass is 35.5. The summed E-state index contributed by atoms with van der Waals surface area (Å²) in [5, 5.41) is 4.27. The van der Waals surface area contributed by atoms with E-state index in [2.05, 4.69) is 10.3 Å². The van der Waals surface area contributed by atoms with Crippen molar-refractivity contribution < 1.29 is 0 Å². The highest BCUT2D eigenvalue weighted by molar-refractivity contribution is 6.33. The van der Waals surface area contributed by atoms with Crippen LogP contribution >= 0.6 is 11.6 Å². The third kappa shape index (κ3) is 2.31. The predicted octanol–water partition coefficient (Wildman–Crippen LogP) is 3.02. The summed E-state index contributed by atoms with van der Waals surface area (Å²) >= 11 is 6.09. The molecule has 0 unspecified atom stereocenters. The first-order chi connectivity index (χ1) is 8.33. The van der Waals surface area contributed by atoms with Crippen LogP contribution in [0, 0.1) is 0 Å². The number of hydrogen-bond acceptors (Lipinski definition) is 2. The molecule has 1 saturated carbocycles. The first-order valence-electron chi connectivity index (χ1n) is 6.18. The second-order valence-corrected chi connectivity index (χ2v) is 5.09. The Hall–Kier alpha value is -1.06. The normalized spacial score (nSPS) is 17.0. The third-order valence-electron chi connectivity index (χ3n) is 3.41. The lowest BCUT2D eigenvalue weighted by molar-refractivity contribution is 0.520. The van der Waals surface area contributed by atoms with E-state index >= 15 is 0 Å². The van der Waals surface area contributed by atoms with E-state index in [1.165, 1.54) is 25.7 Å². The SMILES string of the molecule is Clc1cccn2cc(CNC3CCCC3)nc12. The molecule has 2 aromatic heterocycles. The quantitative estimate of drug-likeness (QED) is 0.906. The Morgan fingerprint density at radius 1 is 1.41 bits per heavy atom. The van der Waals surface area contributed by atoms with Crippen molar-refractivity contribution in [3.8, 4) is 0 Å². The Morgan fingerprint density at radius 3 is 3.00 bits per heavy atom. The van der Waals surface area contributed by atoms with Crippen molar-refractivity contribution in [3.63, 3.8) is 0 Å². The molecule has 3 nitrogen and oxygen atoms in total. The van der Waals surface area contributed by atoms with Crippen LogP contribution in [0.2, 0.25) is 5.02 Å². The molecule has 0 aromatic carbocycles. The average molecular weight is 250 g/mol. The molecule has 0 saturated heterocycles. The van der Waals surface area contributed by atoms with Crippen LogP contribution in [0.5, 0.6) is 0 Å². The fraction of sp³-hybridized carbons (Fsp3) is 0.462. The highest BCUT2D eigenvalue weighted by Crippen LogP contribution is 2.19. The first-order valence-corrected chi connectivity index (χ1v) is 6.56. The molecule has 0 spiro atoms. The molecule has 3 rings (SSSR count). The Bertz CT molecular complexity index is 514. The minimum absolute atomic E-state index is 0.676. The highest BCUT2D eigenvalue weighted by Gasteiger charge is 2.14. The lowest BCUT2D eigenvalue weighted by atomic mass is 10.2. The number of pyridine rings is 1. The maximum absolute atomic E-state index is 6.09. The minimum atomic E-state index is 0.676. The zero-order chi connectivity index (χ0) is 11.7. The van der Waals surface area contributed by atoms with Crippen LogP contribution in [0.1, 0.15) is 31.4 Å². The second-order valence-electron chi connectivity index (χ2n) is 4.68. The number of nitrogens with one attached hydrogen (secondary N) is 1. The van der Waals surface area contributed by atoms with Crippen LogP contribution in [0.4, 0.5) is 0 Å². The van der Waals surface area contributed by atoms with Gasteiger partial charge in [0.25, 0.3) is 0 Å². The van der Waals surface area contributed by atoms with Gasteiger partial charge >= 0.3 is 0 Å². The molecule has 0 radical (unpaired) electrons. The van der Waals surface area contributed by atoms with Crippen LogP contribution in [-0.4, -0.2) is 15.4 Å². The number of fused-ring (bicyclic) bond motifs is 1. The van der Waals surface area contributed by atoms with Gasteiger partial charge in [-0.3, -0.25) is 0 Å². The molecular weight excluding hydrogens is 234 g/mol. The van der Waals surface area contributed by atoms with Crippen LogP contribution in [0.25, 0.3) is 5.65 Å². The van der Waals surface area contributed by atoms with Gasteiger partial charge in [0.1, 0.15) is 0 Å². The zero-order valence-corrected chi connectivity index (χ0v) is 10.5. The molecular formula is C13H16ClN3. The smallest absolute Gasteiger partial charge is 0.155 e. The molecule has 2 aromatic rings. The average Bonchev–Trinajstić information content (AvgIpc) is 2.95. The number of halogens is 1. The number of nitrogens with zero attached hydrogens (tertiary/aromatic N) is 2. The Morgan fingerprint density at radius 2 is 2.24 bits per heavy atom. The molecule has 90 valence electrons. The summed E-state index contributed by atoms with van der Waals surface area (Å²) in [6, 6.07) is 4.48. The standard InChI is InChI=1S/C13H16ClN3/c14-12-6-3-7-17-9-11(16-13(12)17)8-15-10-4-1-2-5-10/h3,6-7,9-10,15H,1-2,4-5,8H2. The third-order valence-corrected chi connectivity index (χ3v) is 3.71. The van der Waals surface area contributed by atoms with Gasteiger partial charge in [0.15, 0.2) is 5.65 Å². The Balaban J connectivity index is 1.74. The van der Waals surface area contributed by atoms with Gasteiger partial charge in [-0.15, -0.1) is 0 Å². The van der Waals surface area contributed by atoms with Crippen molar-refractivity contribution in [1.29, 1.82) is 0 Å². The zero-order valence-electron chi connectivity index (χ0n) is 9.69. The van der Waals surface area contributed by atoms with Gasteiger partial charge in [0.2, 0.25) is 0 Å². The number of rotatable bonds is 3. The maximum Gasteiger partial charge on any atom is 0.155 e. The van der Waals surface area contributed by atoms with Gasteiger partial charge < -0.3 is 9.72 Å². The van der Waals surface area contributed by atoms with Crippen molar-refractivity contribution in [2.24, 2.45) is 0 Å². The largest absolute Gasteiger partial charge is 0.308 e. The van der Waals surface area contributed by atoms with Gasteiger partial charge in [-0.2, -0.15) is 0 Å². The van der Waals surface area contributed by atoms with Crippen LogP contribution in [0.15, 0.2) is 24.5 Å². The van der Waals surface area contributed by atoms with E-state index in [1.54, 1.807) is 0 Å². The molecule has 17 heavy (non-hydrogen) atoms. The molecule has 0 amide bonds. The molecule has 4 heteroatoms. The molecule has 1 aliphatic rings. The number of aromatic nitrogens is 2. The van der Waals surface area contributed by atoms with Crippen molar-refractivity contribution in [2.75, 3.05) is 0 Å². The molecule has 0 bridgehead atoms. The van der Waals surface area contributed by atoms with Gasteiger partial charge in [-0.1, -0.05) is 24.4 Å². The Kier molecular flexibility index (Phi) is 3.04. The fourth-order valence-corrected chi connectivity index (χ4v) is 2.71. The monoisotopic (exact) mass is 249 g/mol. The van der Waals surface area contributed by atoms with E-state index in [4.69, 9.17) is 11.6 Å². The molecule has 0 atom stereocenters. The lowest BCUT2D eigenvalue weighted by Crippen LogP contribution is -2.25. The molecule has 1 aliphatic carbocycles. The number of hydrogen-bond donors (Lipinski definition) is 1. The first kappa shape index (κ1) is 11.1. The van der Waals surface area contributed by atoms with Crippen LogP contribution in [-0.2, 0) is 6.54 Å². The summed E-state index contributed by atoms with van der Waals surface area (Å²) < 4.78 is 1.98. The minimum Gasteiger partial charge on any atom is -0.308 e. The Labute approximate surface area is 106 Å². The van der Waals surface area contributed by atoms with Crippen molar-refractivity contribution >= 4 is 17.2 Å². The van der Waals surface area contributed by atoms with E-state index in [0.29, 0.717) is 11.1 Å². The van der Waals surface area contributed by atoms with Gasteiger partial charge in [0, 0.05) is 25.0 Å². The van der Waals surface area contributed by atoms with Gasteiger partial charge in [-0.25, -0.2) is 4.98 Å². The molecule has 1 N–H and O–H groups in total. The van der Waals surface area contributed by atoms with Crippen LogP contribution < -0.4 is 5.32 Å². The van der Waals surface area contributed by atoms with Crippen molar-refractivity contribution in [1.82, 2.24) is 14.7 Å². The summed E-state index contributed by atoms with van der Waals surface area (Å²) in [4.78, 5) is 4.54. The lowest BCUT2D eigenvalue weighted by Gasteiger charge is -2.09. The summed E-state index contributed by atoms with van der Waals surface area (Å²) in [5.41, 5.74) is 1.90. The second kappa shape index (κ2) is 4.67. The van der Waals surface area contributed by atoms with E-state index in [1.807, 2.05) is 28.9 Å². The van der Waals surface area contributed by atoms with Gasteiger partial charge in [0.05, 0.1) is 10.7 Å².